The predicted octanol–water partition coefficient (Wildman–Crippen LogP) is 4.47. The lowest BCUT2D eigenvalue weighted by atomic mass is 10.1. The van der Waals surface area contributed by atoms with Gasteiger partial charge in [-0.2, -0.15) is 0 Å². The highest BCUT2D eigenvalue weighted by Gasteiger charge is 2.06. The van der Waals surface area contributed by atoms with E-state index in [1.807, 2.05) is 6.92 Å². The van der Waals surface area contributed by atoms with Gasteiger partial charge in [-0.25, -0.2) is 9.59 Å². The summed E-state index contributed by atoms with van der Waals surface area (Å²) in [6.07, 6.45) is 5.28. The number of rotatable bonds is 7. The average molecular weight is 330 g/mol. The van der Waals surface area contributed by atoms with E-state index in [2.05, 4.69) is 11.7 Å². The van der Waals surface area contributed by atoms with Crippen LogP contribution in [0.2, 0.25) is 0 Å². The highest BCUT2D eigenvalue weighted by Crippen LogP contribution is 2.14. The number of nitrogens with two attached hydrogens (primary N) is 1. The smallest absolute Gasteiger partial charge is 0.403 e. The van der Waals surface area contributed by atoms with Gasteiger partial charge in [-0.3, -0.25) is 0 Å². The maximum Gasteiger partial charge on any atom is 0.403 e. The zero-order valence-electron chi connectivity index (χ0n) is 13.1. The van der Waals surface area contributed by atoms with Gasteiger partial charge in [-0.05, 0) is 30.5 Å². The minimum atomic E-state index is -0.977. The van der Waals surface area contributed by atoms with Crippen molar-refractivity contribution in [1.82, 2.24) is 0 Å². The van der Waals surface area contributed by atoms with Crippen molar-refractivity contribution < 1.29 is 19.4 Å². The van der Waals surface area contributed by atoms with E-state index in [9.17, 15) is 9.59 Å². The summed E-state index contributed by atoms with van der Waals surface area (Å²) in [6, 6.07) is 5.01. The molecule has 1 aromatic carbocycles. The topological polar surface area (TPSA) is 89.6 Å². The van der Waals surface area contributed by atoms with Crippen molar-refractivity contribution in [3.05, 3.63) is 29.3 Å². The van der Waals surface area contributed by atoms with Crippen LogP contribution in [0, 0.1) is 0 Å². The van der Waals surface area contributed by atoms with E-state index in [-0.39, 0.29) is 5.56 Å². The van der Waals surface area contributed by atoms with E-state index >= 15 is 0 Å². The molecule has 3 N–H and O–H groups in total. The van der Waals surface area contributed by atoms with Gasteiger partial charge in [0.25, 0.3) is 0 Å². The van der Waals surface area contributed by atoms with Gasteiger partial charge >= 0.3 is 11.4 Å². The summed E-state index contributed by atoms with van der Waals surface area (Å²) < 4.78 is 4.51. The minimum Gasteiger partial charge on any atom is -0.478 e. The van der Waals surface area contributed by atoms with Crippen LogP contribution in [-0.4, -0.2) is 23.1 Å². The average Bonchev–Trinajstić information content (AvgIpc) is 2.47. The third-order valence-corrected chi connectivity index (χ3v) is 3.08. The number of anilines is 1. The number of aromatic carboxylic acids is 1. The van der Waals surface area contributed by atoms with E-state index in [0.717, 1.165) is 24.8 Å². The minimum absolute atomic E-state index is 0.173. The molecule has 1 aromatic rings. The summed E-state index contributed by atoms with van der Waals surface area (Å²) in [5, 5.41) is 8.65. The lowest BCUT2D eigenvalue weighted by Gasteiger charge is -2.02. The number of benzene rings is 1. The van der Waals surface area contributed by atoms with Crippen LogP contribution in [0.25, 0.3) is 0 Å². The van der Waals surface area contributed by atoms with Gasteiger partial charge in [0.2, 0.25) is 0 Å². The molecule has 0 heterocycles. The first-order valence-electron chi connectivity index (χ1n) is 7.36. The van der Waals surface area contributed by atoms with Gasteiger partial charge in [-0.15, -0.1) is 0 Å². The quantitative estimate of drug-likeness (QED) is 0.437. The van der Waals surface area contributed by atoms with Crippen LogP contribution in [0.4, 0.5) is 10.5 Å². The molecule has 0 unspecified atom stereocenters. The molecule has 0 aromatic heterocycles. The monoisotopic (exact) mass is 329 g/mol. The van der Waals surface area contributed by atoms with Crippen molar-refractivity contribution in [2.75, 3.05) is 12.3 Å². The van der Waals surface area contributed by atoms with Crippen LogP contribution < -0.4 is 5.73 Å². The van der Waals surface area contributed by atoms with Crippen LogP contribution in [0.15, 0.2) is 18.2 Å². The standard InChI is InChI=1S/C9H11NO2.C7H13ClO2/c1-2-6-3-4-7(9(11)12)8(10)5-6;1-2-3-4-5-6-10-7(8)9/h3-5H,2,10H2,1H3,(H,11,12);2-6H2,1H3. The molecule has 124 valence electrons. The molecule has 6 heteroatoms. The number of carboxylic acid groups (broad SMARTS) is 1. The summed E-state index contributed by atoms with van der Waals surface area (Å²) in [5.74, 6) is -0.977. The number of halogens is 1. The molecule has 0 fully saturated rings. The maximum absolute atomic E-state index is 10.5. The highest BCUT2D eigenvalue weighted by atomic mass is 35.5. The van der Waals surface area contributed by atoms with Crippen LogP contribution in [0.3, 0.4) is 0 Å². The van der Waals surface area contributed by atoms with Gasteiger partial charge in [0, 0.05) is 17.3 Å². The van der Waals surface area contributed by atoms with Crippen LogP contribution in [-0.2, 0) is 11.2 Å². The van der Waals surface area contributed by atoms with E-state index in [1.54, 1.807) is 12.1 Å². The number of ether oxygens (including phenoxy) is 1. The Labute approximate surface area is 136 Å². The number of nitrogen functional groups attached to an aromatic ring is 1. The molecule has 0 aliphatic rings. The van der Waals surface area contributed by atoms with Gasteiger partial charge < -0.3 is 15.6 Å². The Morgan fingerprint density at radius 1 is 1.23 bits per heavy atom. The second kappa shape index (κ2) is 11.9. The van der Waals surface area contributed by atoms with Gasteiger partial charge in [0.15, 0.2) is 0 Å². The Hall–Kier alpha value is -1.75. The van der Waals surface area contributed by atoms with Crippen molar-refractivity contribution in [3.63, 3.8) is 0 Å². The molecule has 1 rings (SSSR count). The zero-order valence-corrected chi connectivity index (χ0v) is 13.9. The second-order valence-corrected chi connectivity index (χ2v) is 5.04. The molecule has 0 radical (unpaired) electrons. The fourth-order valence-electron chi connectivity index (χ4n) is 1.71. The SMILES string of the molecule is CCCCCCOC(=O)Cl.CCc1ccc(C(=O)O)c(N)c1. The Morgan fingerprint density at radius 3 is 2.36 bits per heavy atom. The summed E-state index contributed by atoms with van der Waals surface area (Å²) in [4.78, 5) is 20.6. The Kier molecular flexibility index (Phi) is 10.9. The molecule has 5 nitrogen and oxygen atoms in total. The lowest BCUT2D eigenvalue weighted by Crippen LogP contribution is -2.02. The summed E-state index contributed by atoms with van der Waals surface area (Å²) in [7, 11) is 0. The summed E-state index contributed by atoms with van der Waals surface area (Å²) in [6.45, 7) is 4.59. The maximum atomic E-state index is 10.5. The fraction of sp³-hybridized carbons (Fsp3) is 0.500. The first-order valence-corrected chi connectivity index (χ1v) is 7.74. The largest absolute Gasteiger partial charge is 0.478 e. The van der Waals surface area contributed by atoms with Crippen molar-refractivity contribution in [1.29, 1.82) is 0 Å². The van der Waals surface area contributed by atoms with Crippen LogP contribution >= 0.6 is 11.6 Å². The van der Waals surface area contributed by atoms with Gasteiger partial charge in [0.05, 0.1) is 12.2 Å². The van der Waals surface area contributed by atoms with Crippen molar-refractivity contribution >= 4 is 28.7 Å². The van der Waals surface area contributed by atoms with Crippen molar-refractivity contribution in [2.24, 2.45) is 0 Å². The number of aryl methyl sites for hydroxylation is 1. The van der Waals surface area contributed by atoms with Crippen molar-refractivity contribution in [2.45, 2.75) is 46.0 Å². The number of unbranched alkanes of at least 4 members (excludes halogenated alkanes) is 3. The summed E-state index contributed by atoms with van der Waals surface area (Å²) >= 11 is 4.93. The number of carboxylic acids is 1. The molecule has 0 aliphatic heterocycles. The first-order chi connectivity index (χ1) is 10.4. The molecule has 22 heavy (non-hydrogen) atoms. The Balaban J connectivity index is 0.000000409. The predicted molar refractivity (Wildman–Crippen MR) is 88.5 cm³/mol. The zero-order chi connectivity index (χ0) is 17.0. The molecular weight excluding hydrogens is 306 g/mol. The van der Waals surface area contributed by atoms with Crippen LogP contribution in [0.1, 0.15) is 55.5 Å². The second-order valence-electron chi connectivity index (χ2n) is 4.73. The van der Waals surface area contributed by atoms with E-state index in [0.29, 0.717) is 12.3 Å². The third kappa shape index (κ3) is 9.23. The lowest BCUT2D eigenvalue weighted by molar-refractivity contribution is 0.0698. The number of hydrogen-bond donors (Lipinski definition) is 2. The third-order valence-electron chi connectivity index (χ3n) is 2.97. The Morgan fingerprint density at radius 2 is 1.91 bits per heavy atom. The fourth-order valence-corrected chi connectivity index (χ4v) is 1.79. The Bertz CT molecular complexity index is 477. The number of carbonyl (C=O) groups is 2. The molecule has 0 bridgehead atoms. The van der Waals surface area contributed by atoms with Gasteiger partial charge in [0.1, 0.15) is 0 Å². The molecule has 0 saturated heterocycles. The summed E-state index contributed by atoms with van der Waals surface area (Å²) in [5.41, 5.74) is 6.38. The molecular formula is C16H24ClNO4. The molecule has 0 saturated carbocycles. The van der Waals surface area contributed by atoms with Crippen LogP contribution in [0.5, 0.6) is 0 Å². The molecule has 0 atom stereocenters. The highest BCUT2D eigenvalue weighted by molar-refractivity contribution is 6.61. The molecule has 0 amide bonds. The molecule has 0 spiro atoms. The van der Waals surface area contributed by atoms with E-state index in [4.69, 9.17) is 22.4 Å². The number of hydrogen-bond acceptors (Lipinski definition) is 4. The van der Waals surface area contributed by atoms with E-state index < -0.39 is 11.4 Å². The molecule has 0 aliphatic carbocycles. The first kappa shape index (κ1) is 20.2. The normalized spacial score (nSPS) is 9.59. The van der Waals surface area contributed by atoms with E-state index in [1.165, 1.54) is 18.9 Å². The number of carbonyl (C=O) groups excluding carboxylic acids is 1. The van der Waals surface area contributed by atoms with Crippen molar-refractivity contribution in [3.8, 4) is 0 Å². The van der Waals surface area contributed by atoms with Gasteiger partial charge in [-0.1, -0.05) is 39.2 Å².